The number of hydrogen-bond acceptors (Lipinski definition) is 3. The molecule has 0 radical (unpaired) electrons. The van der Waals surface area contributed by atoms with E-state index in [1.54, 1.807) is 0 Å². The summed E-state index contributed by atoms with van der Waals surface area (Å²) >= 11 is 0. The van der Waals surface area contributed by atoms with Gasteiger partial charge in [-0.25, -0.2) is 0 Å². The molecule has 3 heteroatoms. The number of hydrogen-bond donors (Lipinski definition) is 3. The standard InChI is InChI=1S/C17H28N2O/c1-13-9-10-17(12-18,19-14(2)6-5-11-20)16-8-4-3-7-15(13)16/h3-4,7-8,13-14,19-20H,5-6,9-12,18H2,1-2H3. The molecular formula is C17H28N2O. The Labute approximate surface area is 122 Å². The van der Waals surface area contributed by atoms with Crippen LogP contribution in [0.4, 0.5) is 0 Å². The van der Waals surface area contributed by atoms with Crippen molar-refractivity contribution in [3.05, 3.63) is 35.4 Å². The van der Waals surface area contributed by atoms with Crippen molar-refractivity contribution >= 4 is 0 Å². The third-order valence-electron chi connectivity index (χ3n) is 4.68. The number of nitrogens with one attached hydrogen (secondary N) is 1. The molecule has 0 spiro atoms. The van der Waals surface area contributed by atoms with Crippen LogP contribution in [-0.2, 0) is 5.54 Å². The highest BCUT2D eigenvalue weighted by Gasteiger charge is 2.37. The monoisotopic (exact) mass is 276 g/mol. The number of rotatable bonds is 6. The smallest absolute Gasteiger partial charge is 0.0563 e. The van der Waals surface area contributed by atoms with Gasteiger partial charge in [-0.05, 0) is 49.7 Å². The van der Waals surface area contributed by atoms with Crippen LogP contribution in [0.1, 0.15) is 56.6 Å². The molecule has 0 fully saturated rings. The molecule has 3 nitrogen and oxygen atoms in total. The molecule has 1 aromatic rings. The Balaban J connectivity index is 2.24. The van der Waals surface area contributed by atoms with Crippen molar-refractivity contribution in [3.63, 3.8) is 0 Å². The maximum absolute atomic E-state index is 8.98. The van der Waals surface area contributed by atoms with Crippen LogP contribution in [0.5, 0.6) is 0 Å². The lowest BCUT2D eigenvalue weighted by Crippen LogP contribution is -2.54. The summed E-state index contributed by atoms with van der Waals surface area (Å²) in [6, 6.07) is 9.07. The van der Waals surface area contributed by atoms with Crippen LogP contribution in [0, 0.1) is 0 Å². The van der Waals surface area contributed by atoms with Crippen molar-refractivity contribution in [2.75, 3.05) is 13.2 Å². The van der Waals surface area contributed by atoms with Crippen molar-refractivity contribution in [2.45, 2.75) is 57.0 Å². The molecule has 2 rings (SSSR count). The highest BCUT2D eigenvalue weighted by atomic mass is 16.2. The Hall–Kier alpha value is -0.900. The van der Waals surface area contributed by atoms with E-state index in [9.17, 15) is 0 Å². The largest absolute Gasteiger partial charge is 0.396 e. The Morgan fingerprint density at radius 1 is 1.45 bits per heavy atom. The highest BCUT2D eigenvalue weighted by molar-refractivity contribution is 5.39. The van der Waals surface area contributed by atoms with Gasteiger partial charge in [-0.3, -0.25) is 0 Å². The van der Waals surface area contributed by atoms with Crippen LogP contribution in [0.15, 0.2) is 24.3 Å². The molecule has 3 unspecified atom stereocenters. The second kappa shape index (κ2) is 6.70. The lowest BCUT2D eigenvalue weighted by atomic mass is 9.72. The first kappa shape index (κ1) is 15.5. The fourth-order valence-electron chi connectivity index (χ4n) is 3.48. The first-order valence-electron chi connectivity index (χ1n) is 7.81. The maximum Gasteiger partial charge on any atom is 0.0563 e. The minimum Gasteiger partial charge on any atom is -0.396 e. The number of fused-ring (bicyclic) bond motifs is 1. The molecule has 1 aliphatic rings. The van der Waals surface area contributed by atoms with E-state index in [1.165, 1.54) is 17.5 Å². The molecule has 0 saturated carbocycles. The third kappa shape index (κ3) is 3.05. The predicted octanol–water partition coefficient (Wildman–Crippen LogP) is 2.49. The van der Waals surface area contributed by atoms with Crippen LogP contribution in [0.3, 0.4) is 0 Å². The van der Waals surface area contributed by atoms with Gasteiger partial charge in [0.05, 0.1) is 5.54 Å². The summed E-state index contributed by atoms with van der Waals surface area (Å²) in [5.41, 5.74) is 8.87. The summed E-state index contributed by atoms with van der Waals surface area (Å²) in [5, 5.41) is 12.7. The van der Waals surface area contributed by atoms with E-state index < -0.39 is 0 Å². The molecule has 4 N–H and O–H groups in total. The van der Waals surface area contributed by atoms with E-state index in [0.717, 1.165) is 19.3 Å². The van der Waals surface area contributed by atoms with Crippen molar-refractivity contribution in [1.29, 1.82) is 0 Å². The quantitative estimate of drug-likeness (QED) is 0.748. The van der Waals surface area contributed by atoms with Crippen LogP contribution in [0.2, 0.25) is 0 Å². The average Bonchev–Trinajstić information content (AvgIpc) is 2.48. The van der Waals surface area contributed by atoms with Crippen LogP contribution >= 0.6 is 0 Å². The van der Waals surface area contributed by atoms with Gasteiger partial charge in [-0.15, -0.1) is 0 Å². The van der Waals surface area contributed by atoms with Crippen molar-refractivity contribution < 1.29 is 5.11 Å². The van der Waals surface area contributed by atoms with E-state index in [1.807, 2.05) is 0 Å². The molecule has 0 amide bonds. The molecule has 112 valence electrons. The van der Waals surface area contributed by atoms with Gasteiger partial charge in [-0.1, -0.05) is 31.2 Å². The minimum absolute atomic E-state index is 0.0992. The summed E-state index contributed by atoms with van der Waals surface area (Å²) in [6.45, 7) is 5.37. The van der Waals surface area contributed by atoms with Crippen LogP contribution < -0.4 is 11.1 Å². The van der Waals surface area contributed by atoms with Gasteiger partial charge < -0.3 is 16.2 Å². The van der Waals surface area contributed by atoms with Crippen molar-refractivity contribution in [1.82, 2.24) is 5.32 Å². The van der Waals surface area contributed by atoms with Gasteiger partial charge in [0.1, 0.15) is 0 Å². The molecule has 0 bridgehead atoms. The van der Waals surface area contributed by atoms with Gasteiger partial charge in [0.15, 0.2) is 0 Å². The Bertz CT molecular complexity index is 435. The molecule has 0 aromatic heterocycles. The van der Waals surface area contributed by atoms with Crippen molar-refractivity contribution in [2.24, 2.45) is 5.73 Å². The lowest BCUT2D eigenvalue weighted by Gasteiger charge is -2.43. The van der Waals surface area contributed by atoms with E-state index in [0.29, 0.717) is 18.5 Å². The van der Waals surface area contributed by atoms with Crippen molar-refractivity contribution in [3.8, 4) is 0 Å². The van der Waals surface area contributed by atoms with E-state index in [-0.39, 0.29) is 12.1 Å². The summed E-state index contributed by atoms with van der Waals surface area (Å²) in [5.74, 6) is 0.612. The first-order chi connectivity index (χ1) is 9.63. The third-order valence-corrected chi connectivity index (χ3v) is 4.68. The summed E-state index contributed by atoms with van der Waals surface area (Å²) in [6.07, 6.45) is 4.09. The highest BCUT2D eigenvalue weighted by Crippen LogP contribution is 2.41. The zero-order valence-electron chi connectivity index (χ0n) is 12.7. The topological polar surface area (TPSA) is 58.3 Å². The molecule has 1 aliphatic carbocycles. The van der Waals surface area contributed by atoms with Gasteiger partial charge in [-0.2, -0.15) is 0 Å². The molecule has 1 aromatic carbocycles. The molecule has 0 saturated heterocycles. The minimum atomic E-state index is -0.0992. The van der Waals surface area contributed by atoms with Gasteiger partial charge in [0.2, 0.25) is 0 Å². The zero-order chi connectivity index (χ0) is 14.6. The van der Waals surface area contributed by atoms with E-state index in [2.05, 4.69) is 43.4 Å². The molecule has 20 heavy (non-hydrogen) atoms. The predicted molar refractivity (Wildman–Crippen MR) is 83.7 cm³/mol. The second-order valence-corrected chi connectivity index (χ2v) is 6.22. The van der Waals surface area contributed by atoms with Gasteiger partial charge in [0.25, 0.3) is 0 Å². The van der Waals surface area contributed by atoms with Crippen LogP contribution in [0.25, 0.3) is 0 Å². The number of aliphatic hydroxyl groups is 1. The van der Waals surface area contributed by atoms with Gasteiger partial charge >= 0.3 is 0 Å². The SMILES string of the molecule is CC(CCCO)NC1(CN)CCC(C)c2ccccc21. The second-order valence-electron chi connectivity index (χ2n) is 6.22. The fourth-order valence-corrected chi connectivity index (χ4v) is 3.48. The molecule has 3 atom stereocenters. The number of benzene rings is 1. The van der Waals surface area contributed by atoms with E-state index >= 15 is 0 Å². The van der Waals surface area contributed by atoms with Gasteiger partial charge in [0, 0.05) is 19.2 Å². The number of nitrogens with two attached hydrogens (primary N) is 1. The molecule has 0 aliphatic heterocycles. The lowest BCUT2D eigenvalue weighted by molar-refractivity contribution is 0.231. The first-order valence-corrected chi connectivity index (χ1v) is 7.81. The average molecular weight is 276 g/mol. The normalized spacial score (nSPS) is 27.1. The summed E-state index contributed by atoms with van der Waals surface area (Å²) in [7, 11) is 0. The van der Waals surface area contributed by atoms with Crippen LogP contribution in [-0.4, -0.2) is 24.3 Å². The summed E-state index contributed by atoms with van der Waals surface area (Å²) in [4.78, 5) is 0. The molecular weight excluding hydrogens is 248 g/mol. The Morgan fingerprint density at radius 3 is 2.90 bits per heavy atom. The maximum atomic E-state index is 8.98. The number of aliphatic hydroxyl groups excluding tert-OH is 1. The zero-order valence-corrected chi connectivity index (χ0v) is 12.7. The Kier molecular flexibility index (Phi) is 5.19. The molecule has 0 heterocycles. The summed E-state index contributed by atoms with van der Waals surface area (Å²) < 4.78 is 0. The van der Waals surface area contributed by atoms with E-state index in [4.69, 9.17) is 10.8 Å². The fraction of sp³-hybridized carbons (Fsp3) is 0.647. The Morgan fingerprint density at radius 2 is 2.20 bits per heavy atom.